The van der Waals surface area contributed by atoms with Crippen LogP contribution in [0.4, 0.5) is 10.5 Å². The number of nitrogens with zero attached hydrogens (tertiary/aromatic N) is 1. The molecule has 5 nitrogen and oxygen atoms in total. The lowest BCUT2D eigenvalue weighted by atomic mass is 10.1. The molecule has 0 aliphatic carbocycles. The van der Waals surface area contributed by atoms with Crippen LogP contribution >= 0.6 is 11.8 Å². The highest BCUT2D eigenvalue weighted by molar-refractivity contribution is 7.99. The van der Waals surface area contributed by atoms with Crippen molar-refractivity contribution in [2.45, 2.75) is 16.3 Å². The van der Waals surface area contributed by atoms with Crippen molar-refractivity contribution in [2.24, 2.45) is 0 Å². The number of ether oxygens (including phenoxy) is 1. The van der Waals surface area contributed by atoms with Gasteiger partial charge in [0.05, 0.1) is 6.54 Å². The van der Waals surface area contributed by atoms with Gasteiger partial charge < -0.3 is 10.1 Å². The Bertz CT molecular complexity index is 1020. The summed E-state index contributed by atoms with van der Waals surface area (Å²) < 4.78 is 4.97. The lowest BCUT2D eigenvalue weighted by Gasteiger charge is -2.14. The molecule has 3 aromatic carbocycles. The van der Waals surface area contributed by atoms with Crippen LogP contribution in [0.15, 0.2) is 88.7 Å². The first-order valence-electron chi connectivity index (χ1n) is 9.34. The lowest BCUT2D eigenvalue weighted by Crippen LogP contribution is -2.25. The average molecular weight is 404 g/mol. The number of amides is 2. The molecule has 0 atom stereocenters. The number of hydrogen-bond donors (Lipinski definition) is 1. The highest BCUT2D eigenvalue weighted by atomic mass is 32.2. The van der Waals surface area contributed by atoms with Crippen LogP contribution in [0.5, 0.6) is 0 Å². The van der Waals surface area contributed by atoms with Crippen molar-refractivity contribution in [3.05, 3.63) is 90.0 Å². The number of cyclic esters (lactones) is 1. The minimum absolute atomic E-state index is 0.182. The van der Waals surface area contributed by atoms with E-state index >= 15 is 0 Å². The van der Waals surface area contributed by atoms with E-state index in [-0.39, 0.29) is 12.0 Å². The normalized spacial score (nSPS) is 13.2. The van der Waals surface area contributed by atoms with Crippen LogP contribution in [-0.2, 0) is 11.3 Å². The van der Waals surface area contributed by atoms with Crippen LogP contribution < -0.4 is 10.2 Å². The molecule has 29 heavy (non-hydrogen) atoms. The second-order valence-electron chi connectivity index (χ2n) is 6.52. The van der Waals surface area contributed by atoms with Crippen molar-refractivity contribution in [3.8, 4) is 0 Å². The average Bonchev–Trinajstić information content (AvgIpc) is 3.19. The highest BCUT2D eigenvalue weighted by Gasteiger charge is 2.24. The molecule has 6 heteroatoms. The number of hydrogen-bond acceptors (Lipinski definition) is 4. The molecule has 0 radical (unpaired) electrons. The smallest absolute Gasteiger partial charge is 0.414 e. The van der Waals surface area contributed by atoms with Crippen LogP contribution in [0.25, 0.3) is 0 Å². The second kappa shape index (κ2) is 8.84. The van der Waals surface area contributed by atoms with Gasteiger partial charge in [0, 0.05) is 27.6 Å². The van der Waals surface area contributed by atoms with E-state index in [0.29, 0.717) is 30.9 Å². The van der Waals surface area contributed by atoms with Crippen molar-refractivity contribution in [3.63, 3.8) is 0 Å². The molecule has 0 bridgehead atoms. The van der Waals surface area contributed by atoms with E-state index in [4.69, 9.17) is 4.74 Å². The van der Waals surface area contributed by atoms with E-state index < -0.39 is 0 Å². The summed E-state index contributed by atoms with van der Waals surface area (Å²) in [5, 5.41) is 2.98. The zero-order valence-corrected chi connectivity index (χ0v) is 16.5. The molecule has 0 unspecified atom stereocenters. The van der Waals surface area contributed by atoms with Gasteiger partial charge in [0.15, 0.2) is 0 Å². The van der Waals surface area contributed by atoms with Crippen molar-refractivity contribution in [1.29, 1.82) is 0 Å². The number of carbonyl (C=O) groups is 2. The molecular weight excluding hydrogens is 384 g/mol. The Kier molecular flexibility index (Phi) is 5.81. The summed E-state index contributed by atoms with van der Waals surface area (Å²) in [6.07, 6.45) is -0.380. The molecule has 0 saturated carbocycles. The van der Waals surface area contributed by atoms with Gasteiger partial charge in [-0.1, -0.05) is 54.2 Å². The summed E-state index contributed by atoms with van der Waals surface area (Å²) >= 11 is 1.67. The minimum atomic E-state index is -0.380. The van der Waals surface area contributed by atoms with Crippen LogP contribution in [0.1, 0.15) is 15.9 Å². The fourth-order valence-electron chi connectivity index (χ4n) is 3.09. The van der Waals surface area contributed by atoms with Crippen LogP contribution in [-0.4, -0.2) is 25.2 Å². The Balaban J connectivity index is 1.45. The van der Waals surface area contributed by atoms with E-state index in [1.54, 1.807) is 36.0 Å². The zero-order chi connectivity index (χ0) is 20.1. The number of carbonyl (C=O) groups excluding carboxylic acids is 2. The molecule has 1 saturated heterocycles. The van der Waals surface area contributed by atoms with E-state index in [0.717, 1.165) is 15.4 Å². The van der Waals surface area contributed by atoms with Crippen molar-refractivity contribution in [2.75, 3.05) is 18.1 Å². The van der Waals surface area contributed by atoms with E-state index in [2.05, 4.69) is 23.5 Å². The Morgan fingerprint density at radius 1 is 1.00 bits per heavy atom. The molecule has 2 amide bonds. The third kappa shape index (κ3) is 4.60. The maximum Gasteiger partial charge on any atom is 0.414 e. The van der Waals surface area contributed by atoms with Gasteiger partial charge in [0.2, 0.25) is 0 Å². The van der Waals surface area contributed by atoms with E-state index in [1.165, 1.54) is 4.90 Å². The molecule has 1 heterocycles. The topological polar surface area (TPSA) is 58.6 Å². The van der Waals surface area contributed by atoms with Gasteiger partial charge in [-0.25, -0.2) is 4.79 Å². The van der Waals surface area contributed by atoms with Gasteiger partial charge in [-0.3, -0.25) is 9.69 Å². The maximum absolute atomic E-state index is 12.7. The van der Waals surface area contributed by atoms with Crippen LogP contribution in [0, 0.1) is 0 Å². The van der Waals surface area contributed by atoms with Gasteiger partial charge in [-0.15, -0.1) is 0 Å². The second-order valence-corrected chi connectivity index (χ2v) is 7.64. The lowest BCUT2D eigenvalue weighted by molar-refractivity contribution is 0.0950. The first-order valence-corrected chi connectivity index (χ1v) is 10.2. The monoisotopic (exact) mass is 404 g/mol. The molecule has 1 fully saturated rings. The Labute approximate surface area is 173 Å². The molecule has 146 valence electrons. The maximum atomic E-state index is 12.7. The first kappa shape index (κ1) is 19.1. The summed E-state index contributed by atoms with van der Waals surface area (Å²) in [4.78, 5) is 28.2. The number of nitrogens with one attached hydrogen (secondary N) is 1. The SMILES string of the molecule is O=C(NCc1ccccc1Sc1ccccc1)c1cccc(N2CCOC2=O)c1. The Hall–Kier alpha value is -3.25. The summed E-state index contributed by atoms with van der Waals surface area (Å²) in [7, 11) is 0. The van der Waals surface area contributed by atoms with Gasteiger partial charge in [0.1, 0.15) is 6.61 Å². The fraction of sp³-hybridized carbons (Fsp3) is 0.130. The molecule has 4 rings (SSSR count). The molecular formula is C23H20N2O3S. The van der Waals surface area contributed by atoms with Gasteiger partial charge in [-0.2, -0.15) is 0 Å². The van der Waals surface area contributed by atoms with E-state index in [9.17, 15) is 9.59 Å². The molecule has 0 spiro atoms. The third-order valence-corrected chi connectivity index (χ3v) is 5.69. The van der Waals surface area contributed by atoms with Crippen molar-refractivity contribution in [1.82, 2.24) is 5.32 Å². The van der Waals surface area contributed by atoms with Crippen LogP contribution in [0.2, 0.25) is 0 Å². The van der Waals surface area contributed by atoms with Crippen LogP contribution in [0.3, 0.4) is 0 Å². The quantitative estimate of drug-likeness (QED) is 0.646. The standard InChI is InChI=1S/C23H20N2O3S/c26-22(17-8-6-9-19(15-17)25-13-14-28-23(25)27)24-16-18-7-4-5-12-21(18)29-20-10-2-1-3-11-20/h1-12,15H,13-14,16H2,(H,24,26). The number of anilines is 1. The number of benzene rings is 3. The first-order chi connectivity index (χ1) is 14.2. The molecule has 3 aromatic rings. The largest absolute Gasteiger partial charge is 0.447 e. The number of rotatable bonds is 6. The van der Waals surface area contributed by atoms with Gasteiger partial charge >= 0.3 is 6.09 Å². The predicted molar refractivity (Wildman–Crippen MR) is 113 cm³/mol. The minimum Gasteiger partial charge on any atom is -0.447 e. The molecule has 1 aliphatic rings. The molecule has 1 aliphatic heterocycles. The molecule has 1 N–H and O–H groups in total. The highest BCUT2D eigenvalue weighted by Crippen LogP contribution is 2.30. The fourth-order valence-corrected chi connectivity index (χ4v) is 4.05. The Morgan fingerprint density at radius 3 is 2.59 bits per heavy atom. The summed E-state index contributed by atoms with van der Waals surface area (Å²) in [6, 6.07) is 25.2. The van der Waals surface area contributed by atoms with Crippen molar-refractivity contribution >= 4 is 29.4 Å². The zero-order valence-electron chi connectivity index (χ0n) is 15.7. The third-order valence-electron chi connectivity index (χ3n) is 4.56. The van der Waals surface area contributed by atoms with Gasteiger partial charge in [0.25, 0.3) is 5.91 Å². The summed E-state index contributed by atoms with van der Waals surface area (Å²) in [5.74, 6) is -0.182. The Morgan fingerprint density at radius 2 is 1.79 bits per heavy atom. The van der Waals surface area contributed by atoms with E-state index in [1.807, 2.05) is 36.4 Å². The summed E-state index contributed by atoms with van der Waals surface area (Å²) in [5.41, 5.74) is 2.23. The van der Waals surface area contributed by atoms with Crippen molar-refractivity contribution < 1.29 is 14.3 Å². The summed E-state index contributed by atoms with van der Waals surface area (Å²) in [6.45, 7) is 1.28. The molecule has 0 aromatic heterocycles. The predicted octanol–water partition coefficient (Wildman–Crippen LogP) is 4.72. The van der Waals surface area contributed by atoms with Gasteiger partial charge in [-0.05, 0) is 42.0 Å².